The van der Waals surface area contributed by atoms with Gasteiger partial charge in [-0.1, -0.05) is 11.6 Å². The van der Waals surface area contributed by atoms with Gasteiger partial charge in [0.25, 0.3) is 0 Å². The van der Waals surface area contributed by atoms with E-state index >= 15 is 0 Å². The number of aromatic nitrogens is 1. The Morgan fingerprint density at radius 3 is 3.13 bits per heavy atom. The Kier molecular flexibility index (Phi) is 3.05. The minimum atomic E-state index is 0.301. The maximum absolute atomic E-state index is 8.72. The number of rotatable bonds is 2. The molecule has 2 heterocycles. The number of halogens is 1. The maximum atomic E-state index is 8.72. The maximum Gasteiger partial charge on any atom is 0.144 e. The van der Waals surface area contributed by atoms with Crippen LogP contribution >= 0.6 is 11.6 Å². The van der Waals surface area contributed by atoms with E-state index in [0.717, 1.165) is 18.7 Å². The van der Waals surface area contributed by atoms with Gasteiger partial charge in [-0.05, 0) is 18.6 Å². The van der Waals surface area contributed by atoms with Crippen LogP contribution in [-0.2, 0) is 4.74 Å². The fourth-order valence-corrected chi connectivity index (χ4v) is 1.73. The summed E-state index contributed by atoms with van der Waals surface area (Å²) < 4.78 is 5.24. The molecule has 1 aromatic heterocycles. The number of anilines is 1. The third-order valence-corrected chi connectivity index (χ3v) is 2.40. The number of nitrogens with zero attached hydrogens (tertiary/aromatic N) is 2. The van der Waals surface area contributed by atoms with Gasteiger partial charge in [-0.3, -0.25) is 0 Å². The van der Waals surface area contributed by atoms with Crippen LogP contribution in [-0.4, -0.2) is 24.2 Å². The Morgan fingerprint density at radius 1 is 1.60 bits per heavy atom. The molecule has 0 amide bonds. The van der Waals surface area contributed by atoms with Crippen LogP contribution < -0.4 is 5.32 Å². The Bertz CT molecular complexity index is 396. The molecule has 0 aliphatic carbocycles. The summed E-state index contributed by atoms with van der Waals surface area (Å²) in [5, 5.41) is 12.3. The number of ether oxygens (including phenoxy) is 1. The summed E-state index contributed by atoms with van der Waals surface area (Å²) in [7, 11) is 0. The van der Waals surface area contributed by atoms with Crippen LogP contribution in [0.1, 0.15) is 12.1 Å². The van der Waals surface area contributed by atoms with Crippen LogP contribution in [0.25, 0.3) is 0 Å². The summed E-state index contributed by atoms with van der Waals surface area (Å²) in [4.78, 5) is 3.86. The lowest BCUT2D eigenvalue weighted by Gasteiger charge is -2.12. The summed E-state index contributed by atoms with van der Waals surface area (Å²) >= 11 is 5.78. The molecule has 1 aromatic rings. The highest BCUT2D eigenvalue weighted by molar-refractivity contribution is 6.29. The van der Waals surface area contributed by atoms with Crippen molar-refractivity contribution in [3.63, 3.8) is 0 Å². The summed E-state index contributed by atoms with van der Waals surface area (Å²) in [5.74, 6) is 0. The largest absolute Gasteiger partial charge is 0.380 e. The molecule has 5 heteroatoms. The summed E-state index contributed by atoms with van der Waals surface area (Å²) in [5.41, 5.74) is 1.14. The first-order valence-corrected chi connectivity index (χ1v) is 5.07. The van der Waals surface area contributed by atoms with Crippen molar-refractivity contribution in [3.8, 4) is 6.07 Å². The quantitative estimate of drug-likeness (QED) is 0.777. The van der Waals surface area contributed by atoms with Gasteiger partial charge in [0.1, 0.15) is 16.9 Å². The molecule has 0 radical (unpaired) electrons. The van der Waals surface area contributed by atoms with Crippen molar-refractivity contribution in [2.75, 3.05) is 18.5 Å². The highest BCUT2D eigenvalue weighted by Gasteiger charge is 2.15. The second-order valence-corrected chi connectivity index (χ2v) is 3.77. The van der Waals surface area contributed by atoms with E-state index < -0.39 is 0 Å². The van der Waals surface area contributed by atoms with E-state index in [9.17, 15) is 0 Å². The third-order valence-electron chi connectivity index (χ3n) is 2.21. The molecule has 0 aromatic carbocycles. The fourth-order valence-electron chi connectivity index (χ4n) is 1.52. The van der Waals surface area contributed by atoms with Crippen molar-refractivity contribution >= 4 is 17.3 Å². The molecular weight excluding hydrogens is 214 g/mol. The van der Waals surface area contributed by atoms with Crippen molar-refractivity contribution in [2.45, 2.75) is 12.5 Å². The predicted molar refractivity (Wildman–Crippen MR) is 56.8 cm³/mol. The van der Waals surface area contributed by atoms with Crippen LogP contribution in [0, 0.1) is 11.3 Å². The zero-order valence-electron chi connectivity index (χ0n) is 8.03. The first kappa shape index (κ1) is 10.2. The molecule has 1 aliphatic heterocycles. The van der Waals surface area contributed by atoms with Crippen molar-refractivity contribution in [3.05, 3.63) is 23.0 Å². The molecule has 4 nitrogen and oxygen atoms in total. The van der Waals surface area contributed by atoms with Gasteiger partial charge < -0.3 is 10.1 Å². The molecule has 1 fully saturated rings. The van der Waals surface area contributed by atoms with Crippen molar-refractivity contribution in [1.29, 1.82) is 5.26 Å². The van der Waals surface area contributed by atoms with E-state index in [2.05, 4.69) is 10.3 Å². The zero-order valence-corrected chi connectivity index (χ0v) is 8.79. The van der Waals surface area contributed by atoms with E-state index in [-0.39, 0.29) is 0 Å². The molecule has 1 atom stereocenters. The average molecular weight is 224 g/mol. The predicted octanol–water partition coefficient (Wildman–Crippen LogP) is 1.81. The minimum absolute atomic E-state index is 0.301. The van der Waals surface area contributed by atoms with Gasteiger partial charge in [0, 0.05) is 12.3 Å². The molecule has 1 aliphatic rings. The van der Waals surface area contributed by atoms with E-state index in [4.69, 9.17) is 21.6 Å². The monoisotopic (exact) mass is 223 g/mol. The normalized spacial score (nSPS) is 19.9. The summed E-state index contributed by atoms with van der Waals surface area (Å²) in [6, 6.07) is 5.66. The number of nitriles is 1. The highest BCUT2D eigenvalue weighted by Crippen LogP contribution is 2.18. The van der Waals surface area contributed by atoms with Gasteiger partial charge in [-0.15, -0.1) is 0 Å². The first-order valence-electron chi connectivity index (χ1n) is 4.70. The van der Waals surface area contributed by atoms with Gasteiger partial charge in [-0.2, -0.15) is 5.26 Å². The van der Waals surface area contributed by atoms with Gasteiger partial charge in [-0.25, -0.2) is 4.98 Å². The SMILES string of the molecule is N#Cc1cc(N[C@H]2CCOC2)cc(Cl)n1. The Labute approximate surface area is 92.8 Å². The second kappa shape index (κ2) is 4.47. The Balaban J connectivity index is 2.13. The number of nitrogens with one attached hydrogen (secondary N) is 1. The number of pyridine rings is 1. The van der Waals surface area contributed by atoms with Gasteiger partial charge >= 0.3 is 0 Å². The van der Waals surface area contributed by atoms with Gasteiger partial charge in [0.05, 0.1) is 12.6 Å². The second-order valence-electron chi connectivity index (χ2n) is 3.38. The van der Waals surface area contributed by atoms with Crippen molar-refractivity contribution in [2.24, 2.45) is 0 Å². The molecule has 0 bridgehead atoms. The van der Waals surface area contributed by atoms with Gasteiger partial charge in [0.15, 0.2) is 0 Å². The van der Waals surface area contributed by atoms with Gasteiger partial charge in [0.2, 0.25) is 0 Å². The van der Waals surface area contributed by atoms with Crippen LogP contribution in [0.2, 0.25) is 5.15 Å². The Hall–Kier alpha value is -1.31. The van der Waals surface area contributed by atoms with E-state index in [1.807, 2.05) is 6.07 Å². The average Bonchev–Trinajstić information content (AvgIpc) is 2.69. The van der Waals surface area contributed by atoms with Crippen LogP contribution in [0.3, 0.4) is 0 Å². The smallest absolute Gasteiger partial charge is 0.144 e. The van der Waals surface area contributed by atoms with Crippen LogP contribution in [0.15, 0.2) is 12.1 Å². The topological polar surface area (TPSA) is 57.9 Å². The molecule has 0 spiro atoms. The third kappa shape index (κ3) is 2.58. The molecule has 0 saturated carbocycles. The summed E-state index contributed by atoms with van der Waals surface area (Å²) in [6.07, 6.45) is 0.974. The standard InChI is InChI=1S/C10H10ClN3O/c11-10-4-8(3-9(5-12)14-10)13-7-1-2-15-6-7/h3-4,7H,1-2,6H2,(H,13,14)/t7-/m0/s1. The van der Waals surface area contributed by atoms with Crippen LogP contribution in [0.4, 0.5) is 5.69 Å². The highest BCUT2D eigenvalue weighted by atomic mass is 35.5. The van der Waals surface area contributed by atoms with Crippen molar-refractivity contribution < 1.29 is 4.74 Å². The molecule has 1 saturated heterocycles. The van der Waals surface area contributed by atoms with E-state index in [1.165, 1.54) is 0 Å². The molecule has 1 N–H and O–H groups in total. The number of hydrogen-bond donors (Lipinski definition) is 1. The first-order chi connectivity index (χ1) is 7.28. The summed E-state index contributed by atoms with van der Waals surface area (Å²) in [6.45, 7) is 1.48. The Morgan fingerprint density at radius 2 is 2.47 bits per heavy atom. The lowest BCUT2D eigenvalue weighted by Crippen LogP contribution is -2.18. The molecule has 2 rings (SSSR count). The zero-order chi connectivity index (χ0) is 10.7. The van der Waals surface area contributed by atoms with Crippen LogP contribution in [0.5, 0.6) is 0 Å². The molecule has 0 unspecified atom stereocenters. The number of hydrogen-bond acceptors (Lipinski definition) is 4. The van der Waals surface area contributed by atoms with E-state index in [1.54, 1.807) is 12.1 Å². The molecule has 15 heavy (non-hydrogen) atoms. The lowest BCUT2D eigenvalue weighted by atomic mass is 10.2. The molecular formula is C10H10ClN3O. The fraction of sp³-hybridized carbons (Fsp3) is 0.400. The minimum Gasteiger partial charge on any atom is -0.380 e. The van der Waals surface area contributed by atoms with Crippen molar-refractivity contribution in [1.82, 2.24) is 4.98 Å². The molecule has 78 valence electrons. The van der Waals surface area contributed by atoms with E-state index in [0.29, 0.717) is 23.5 Å². The lowest BCUT2D eigenvalue weighted by molar-refractivity contribution is 0.195.